The highest BCUT2D eigenvalue weighted by atomic mass is 16.6. The van der Waals surface area contributed by atoms with Crippen LogP contribution >= 0.6 is 0 Å². The molecule has 0 unspecified atom stereocenters. The van der Waals surface area contributed by atoms with E-state index in [2.05, 4.69) is 12.4 Å². The van der Waals surface area contributed by atoms with Crippen LogP contribution in [0.15, 0.2) is 0 Å². The molecule has 1 N–H and O–H groups in total. The van der Waals surface area contributed by atoms with Crippen molar-refractivity contribution in [1.29, 1.82) is 0 Å². The Bertz CT molecular complexity index is 6910. The number of nitrogens with zero attached hydrogens (tertiary/aromatic N) is 1. The van der Waals surface area contributed by atoms with Crippen LogP contribution in [-0.2, 0) is 25.0 Å². The predicted molar refractivity (Wildman–Crippen MR) is 331 cm³/mol. The quantitative estimate of drug-likeness (QED) is 0.0889. The predicted octanol–water partition coefficient (Wildman–Crippen LogP) is 17.3. The van der Waals surface area contributed by atoms with E-state index in [9.17, 15) is 4.79 Å². The molecule has 33 rings (SSSR count). The van der Waals surface area contributed by atoms with Crippen LogP contribution in [0.25, 0.3) is 291 Å². The smallest absolute Gasteiger partial charge is 0.407 e. The second-order valence-corrected chi connectivity index (χ2v) is 29.9. The molecule has 0 radical (unpaired) electrons. The van der Waals surface area contributed by atoms with E-state index in [1.54, 1.807) is 313 Å². The summed E-state index contributed by atoms with van der Waals surface area (Å²) in [6, 6.07) is 0. The van der Waals surface area contributed by atoms with E-state index in [0.29, 0.717) is 33.0 Å². The number of rotatable bonds is 9. The van der Waals surface area contributed by atoms with E-state index < -0.39 is 11.7 Å². The number of benzene rings is 18. The first-order chi connectivity index (χ1) is 39.3. The average Bonchev–Trinajstić information content (AvgIpc) is 1.43. The van der Waals surface area contributed by atoms with Crippen molar-refractivity contribution < 1.29 is 23.5 Å². The van der Waals surface area contributed by atoms with E-state index >= 15 is 0 Å². The Balaban J connectivity index is 0.833. The highest BCUT2D eigenvalue weighted by Gasteiger charge is 2.76. The molecule has 5 aliphatic rings. The third-order valence-electron chi connectivity index (χ3n) is 27.0. The van der Waals surface area contributed by atoms with Gasteiger partial charge in [-0.2, -0.15) is 0 Å². The Morgan fingerprint density at radius 2 is 0.537 bits per heavy atom. The minimum Gasteiger partial charge on any atom is -0.444 e. The Morgan fingerprint density at radius 1 is 0.338 bits per heavy atom. The Labute approximate surface area is 442 Å². The number of carbonyl (C=O) groups excluding carboxylic acids is 1. The van der Waals surface area contributed by atoms with Crippen LogP contribution in [0.5, 0.6) is 0 Å². The summed E-state index contributed by atoms with van der Waals surface area (Å²) in [7, 11) is 2.66. The fraction of sp³-hybridized carbons (Fsp3) is 0.203. The van der Waals surface area contributed by atoms with Crippen LogP contribution in [0.1, 0.15) is 43.0 Å². The molecule has 1 aliphatic heterocycles. The van der Waals surface area contributed by atoms with Crippen LogP contribution in [0.4, 0.5) is 4.79 Å². The van der Waals surface area contributed by atoms with Crippen molar-refractivity contribution in [2.45, 2.75) is 37.2 Å². The third kappa shape index (κ3) is 2.10. The Morgan fingerprint density at radius 3 is 0.750 bits per heavy atom. The van der Waals surface area contributed by atoms with Crippen molar-refractivity contribution in [3.63, 3.8) is 0 Å². The highest BCUT2D eigenvalue weighted by Crippen LogP contribution is 2.85. The summed E-state index contributed by atoms with van der Waals surface area (Å²) < 4.78 is 19.2. The number of nitrogens with one attached hydrogen (secondary N) is 1. The molecular formula is C74H29N2O4+. The highest BCUT2D eigenvalue weighted by molar-refractivity contribution is 6.82. The molecule has 6 nitrogen and oxygen atoms in total. The lowest BCUT2D eigenvalue weighted by Gasteiger charge is -2.47. The molecular weight excluding hydrogens is 981 g/mol. The standard InChI is InChI=1S/C74H28N2O4/c1-72(2,3)80-71(77)75-5-7-78-9-10-79-8-6-76(4)11-73-67-59-51-41-31-23-15-13-14-17-21-19(15)27-35-29(21)39-33-25(17)26-18(14)22-20-16(13)24(23)32-38-28(20)36-30(22)40-34(26)44-43(33)53-47(39)57-49(35)55(45(51)37(27)31)63(67)65(57)69-61(53)62-54(44)48(40)58-50(36)56-46(38)52(42(32)41)60(59)68(73)64(56)66(58)70(62)74(69,73)12-76/h5-12H2,1-4H3/p+1. The van der Waals surface area contributed by atoms with Crippen molar-refractivity contribution in [3.05, 3.63) is 22.3 Å². The summed E-state index contributed by atoms with van der Waals surface area (Å²) >= 11 is 0. The van der Waals surface area contributed by atoms with Gasteiger partial charge in [-0.3, -0.25) is 0 Å². The zero-order valence-electron chi connectivity index (χ0n) is 43.2. The maximum Gasteiger partial charge on any atom is 0.407 e. The number of ether oxygens (including phenoxy) is 3. The lowest BCUT2D eigenvalue weighted by molar-refractivity contribution is -0.900. The molecule has 1 amide bonds. The number of hydrogen-bond acceptors (Lipinski definition) is 4. The molecule has 1 saturated heterocycles. The zero-order chi connectivity index (χ0) is 49.5. The molecule has 358 valence electrons. The van der Waals surface area contributed by atoms with Crippen LogP contribution in [0.2, 0.25) is 0 Å². The number of carbonyl (C=O) groups is 1. The molecule has 1 heterocycles. The molecule has 6 heteroatoms. The van der Waals surface area contributed by atoms with Gasteiger partial charge < -0.3 is 24.0 Å². The maximum atomic E-state index is 12.3. The molecule has 0 saturated carbocycles. The zero-order valence-corrected chi connectivity index (χ0v) is 43.2. The number of likely N-dealkylation sites (tertiary alicyclic amines) is 1. The van der Waals surface area contributed by atoms with E-state index in [0.717, 1.165) is 24.1 Å². The van der Waals surface area contributed by atoms with Gasteiger partial charge in [0.05, 0.1) is 57.4 Å². The SMILES string of the molecule is CC(C)(C)OC(=O)NCCOCCOCC[N+]1(C)CC23c4c5c6c7c8c9c(c%10c%11c2c2c4c4c%12c5c5c6c6c8c8c%13c9c9c%10c%10c%11c%11c2c2c4c4c%12c%12c5c5c6c8c6c8c%13c9c9c%10c%10c%11c2c2c4c4c%12c5c6c5c8c9c%10c2c45)C73C1. The minimum atomic E-state index is -0.529. The van der Waals surface area contributed by atoms with Gasteiger partial charge >= 0.3 is 6.09 Å². The lowest BCUT2D eigenvalue weighted by atomic mass is 9.50. The average molecular weight is 1010 g/mol. The summed E-state index contributed by atoms with van der Waals surface area (Å²) in [4.78, 5) is 12.3. The van der Waals surface area contributed by atoms with Gasteiger partial charge in [0.2, 0.25) is 0 Å². The van der Waals surface area contributed by atoms with Crippen molar-refractivity contribution in [3.8, 4) is 0 Å². The first kappa shape index (κ1) is 33.9. The lowest BCUT2D eigenvalue weighted by Crippen LogP contribution is -2.51. The van der Waals surface area contributed by atoms with Gasteiger partial charge in [0.25, 0.3) is 0 Å². The maximum absolute atomic E-state index is 12.3. The topological polar surface area (TPSA) is 56.8 Å². The number of quaternary nitrogens is 1. The first-order valence-corrected chi connectivity index (χ1v) is 30.0. The molecule has 4 aliphatic carbocycles. The molecule has 1 fully saturated rings. The summed E-state index contributed by atoms with van der Waals surface area (Å²) in [5.41, 5.74) is 6.06. The molecule has 28 aromatic rings. The van der Waals surface area contributed by atoms with Gasteiger partial charge in [-0.1, -0.05) is 0 Å². The van der Waals surface area contributed by atoms with Crippen LogP contribution in [0, 0.1) is 0 Å². The second kappa shape index (κ2) is 8.17. The molecule has 2 spiro atoms. The van der Waals surface area contributed by atoms with Gasteiger partial charge in [0.15, 0.2) is 0 Å². The third-order valence-corrected chi connectivity index (χ3v) is 27.0. The first-order valence-electron chi connectivity index (χ1n) is 30.0. The largest absolute Gasteiger partial charge is 0.444 e. The van der Waals surface area contributed by atoms with Crippen LogP contribution < -0.4 is 5.32 Å². The minimum absolute atomic E-state index is 0.239. The van der Waals surface area contributed by atoms with Crippen molar-refractivity contribution in [1.82, 2.24) is 5.32 Å². The van der Waals surface area contributed by atoms with Gasteiger partial charge in [0, 0.05) is 6.54 Å². The molecule has 28 aromatic carbocycles. The van der Waals surface area contributed by atoms with Crippen molar-refractivity contribution in [2.24, 2.45) is 0 Å². The number of alkyl carbamates (subject to hydrolysis) is 1. The molecule has 80 heavy (non-hydrogen) atoms. The number of likely N-dealkylation sites (N-methyl/N-ethyl adjacent to an activating group) is 1. The Hall–Kier alpha value is -8.39. The summed E-state index contributed by atoms with van der Waals surface area (Å²) in [6.45, 7) is 11.3. The Kier molecular flexibility index (Phi) is 3.46. The van der Waals surface area contributed by atoms with E-state index in [4.69, 9.17) is 14.2 Å². The van der Waals surface area contributed by atoms with Gasteiger partial charge in [-0.05, 0) is 334 Å². The summed E-state index contributed by atoms with van der Waals surface area (Å²) in [6.07, 6.45) is -0.405. The number of hydrogen-bond donors (Lipinski definition) is 1. The van der Waals surface area contributed by atoms with Gasteiger partial charge in [-0.15, -0.1) is 0 Å². The molecule has 0 bridgehead atoms. The van der Waals surface area contributed by atoms with E-state index in [1.807, 2.05) is 20.8 Å². The fourth-order valence-electron chi connectivity index (χ4n) is 26.7. The number of amides is 1. The van der Waals surface area contributed by atoms with E-state index in [1.165, 1.54) is 0 Å². The van der Waals surface area contributed by atoms with Crippen molar-refractivity contribution >= 4 is 297 Å². The van der Waals surface area contributed by atoms with E-state index in [-0.39, 0.29) is 10.8 Å². The normalized spacial score (nSPS) is 23.2. The summed E-state index contributed by atoms with van der Waals surface area (Å²) in [5, 5.41) is 92.4. The van der Waals surface area contributed by atoms with Gasteiger partial charge in [-0.25, -0.2) is 4.79 Å². The van der Waals surface area contributed by atoms with Crippen molar-refractivity contribution in [2.75, 3.05) is 59.7 Å². The monoisotopic (exact) mass is 1010 g/mol. The fourth-order valence-corrected chi connectivity index (χ4v) is 26.7. The van der Waals surface area contributed by atoms with Gasteiger partial charge in [0.1, 0.15) is 12.1 Å². The molecule has 0 atom stereocenters. The van der Waals surface area contributed by atoms with Crippen LogP contribution in [-0.4, -0.2) is 75.8 Å². The molecule has 0 aromatic heterocycles. The summed E-state index contributed by atoms with van der Waals surface area (Å²) in [5.74, 6) is 0. The second-order valence-electron chi connectivity index (χ2n) is 29.9. The van der Waals surface area contributed by atoms with Crippen LogP contribution in [0.3, 0.4) is 0 Å².